The molecule has 1 rings (SSSR count). The van der Waals surface area contributed by atoms with Crippen LogP contribution in [0.5, 0.6) is 0 Å². The average Bonchev–Trinajstić information content (AvgIpc) is 2.11. The second-order valence-electron chi connectivity index (χ2n) is 4.69. The summed E-state index contributed by atoms with van der Waals surface area (Å²) in [4.78, 5) is 0. The molecule has 0 nitrogen and oxygen atoms in total. The van der Waals surface area contributed by atoms with E-state index in [0.29, 0.717) is 5.92 Å². The topological polar surface area (TPSA) is 0 Å². The first-order valence-electron chi connectivity index (χ1n) is 5.44. The van der Waals surface area contributed by atoms with E-state index in [1.807, 2.05) is 0 Å². The van der Waals surface area contributed by atoms with Gasteiger partial charge in [0.2, 0.25) is 0 Å². The van der Waals surface area contributed by atoms with Gasteiger partial charge in [-0.1, -0.05) is 24.9 Å². The van der Waals surface area contributed by atoms with Crippen LogP contribution in [0.4, 0.5) is 0 Å². The van der Waals surface area contributed by atoms with E-state index in [0.717, 1.165) is 0 Å². The monoisotopic (exact) mass is 188 g/mol. The van der Waals surface area contributed by atoms with Gasteiger partial charge in [0.1, 0.15) is 7.85 Å². The Morgan fingerprint density at radius 2 is 1.21 bits per heavy atom. The molecule has 0 unspecified atom stereocenters. The van der Waals surface area contributed by atoms with Gasteiger partial charge in [-0.05, 0) is 55.9 Å². The van der Waals surface area contributed by atoms with Crippen LogP contribution in [0.3, 0.4) is 0 Å². The smallest absolute Gasteiger partial charge is 0.0822 e. The van der Waals surface area contributed by atoms with Crippen LogP contribution in [-0.4, -0.2) is 7.85 Å². The van der Waals surface area contributed by atoms with Gasteiger partial charge in [-0.3, -0.25) is 0 Å². The van der Waals surface area contributed by atoms with E-state index in [4.69, 9.17) is 0 Å². The Bertz CT molecular complexity index is 333. The maximum atomic E-state index is 2.28. The molecule has 0 bridgehead atoms. The van der Waals surface area contributed by atoms with Crippen molar-refractivity contribution in [3.63, 3.8) is 0 Å². The molecular weight excluding hydrogens is 167 g/mol. The van der Waals surface area contributed by atoms with Crippen LogP contribution in [-0.2, 0) is 0 Å². The van der Waals surface area contributed by atoms with Crippen molar-refractivity contribution in [1.29, 1.82) is 0 Å². The molecule has 76 valence electrons. The van der Waals surface area contributed by atoms with Crippen LogP contribution in [0.25, 0.3) is 0 Å². The summed E-state index contributed by atoms with van der Waals surface area (Å²) in [5.74, 6) is 0.632. The second-order valence-corrected chi connectivity index (χ2v) is 4.69. The fourth-order valence-electron chi connectivity index (χ4n) is 2.40. The van der Waals surface area contributed by atoms with E-state index in [-0.39, 0.29) is 0 Å². The Kier molecular flexibility index (Phi) is 3.09. The molecule has 0 saturated heterocycles. The van der Waals surface area contributed by atoms with E-state index in [1.165, 1.54) is 27.7 Å². The van der Waals surface area contributed by atoms with Gasteiger partial charge in [-0.2, -0.15) is 0 Å². The highest BCUT2D eigenvalue weighted by Crippen LogP contribution is 2.24. The zero-order valence-corrected chi connectivity index (χ0v) is 10.6. The summed E-state index contributed by atoms with van der Waals surface area (Å²) in [6.07, 6.45) is 0. The number of hydrogen-bond acceptors (Lipinski definition) is 0. The van der Waals surface area contributed by atoms with E-state index in [2.05, 4.69) is 49.4 Å². The lowest BCUT2D eigenvalue weighted by atomic mass is 9.76. The third-order valence-electron chi connectivity index (χ3n) is 3.64. The SMILES string of the molecule is Bc1c(C)c(C)c(C)c(C)c1C(C)C. The molecule has 0 fully saturated rings. The highest BCUT2D eigenvalue weighted by Gasteiger charge is 2.13. The highest BCUT2D eigenvalue weighted by molar-refractivity contribution is 6.34. The Labute approximate surface area is 89.1 Å². The van der Waals surface area contributed by atoms with E-state index >= 15 is 0 Å². The zero-order chi connectivity index (χ0) is 11.0. The van der Waals surface area contributed by atoms with Gasteiger partial charge in [0.15, 0.2) is 0 Å². The molecule has 0 amide bonds. The van der Waals surface area contributed by atoms with Crippen LogP contribution >= 0.6 is 0 Å². The molecular formula is C13H21B. The minimum atomic E-state index is 0.632. The summed E-state index contributed by atoms with van der Waals surface area (Å²) in [6, 6.07) is 0. The predicted octanol–water partition coefficient (Wildman–Crippen LogP) is 2.30. The standard InChI is InChI=1S/C13H21B/c1-7(2)12-10(5)8(3)9(4)11(6)13(12)14/h7H,14H2,1-6H3. The van der Waals surface area contributed by atoms with Crippen LogP contribution < -0.4 is 5.46 Å². The highest BCUT2D eigenvalue weighted by atomic mass is 14.2. The molecule has 14 heavy (non-hydrogen) atoms. The lowest BCUT2D eigenvalue weighted by molar-refractivity contribution is 0.857. The molecule has 0 saturated carbocycles. The molecule has 0 spiro atoms. The Balaban J connectivity index is 3.60. The molecule has 1 heteroatoms. The third kappa shape index (κ3) is 1.60. The summed E-state index contributed by atoms with van der Waals surface area (Å²) in [5, 5.41) is 0. The fraction of sp³-hybridized carbons (Fsp3) is 0.538. The summed E-state index contributed by atoms with van der Waals surface area (Å²) in [6.45, 7) is 13.5. The van der Waals surface area contributed by atoms with Crippen molar-refractivity contribution in [2.24, 2.45) is 0 Å². The quantitative estimate of drug-likeness (QED) is 0.593. The Morgan fingerprint density at radius 1 is 0.786 bits per heavy atom. The van der Waals surface area contributed by atoms with Crippen LogP contribution in [0.15, 0.2) is 0 Å². The van der Waals surface area contributed by atoms with Crippen molar-refractivity contribution < 1.29 is 0 Å². The first kappa shape index (κ1) is 11.4. The van der Waals surface area contributed by atoms with Crippen molar-refractivity contribution in [2.45, 2.75) is 47.5 Å². The predicted molar refractivity (Wildman–Crippen MR) is 67.7 cm³/mol. The van der Waals surface area contributed by atoms with Gasteiger partial charge in [0.25, 0.3) is 0 Å². The average molecular weight is 188 g/mol. The second kappa shape index (κ2) is 3.80. The van der Waals surface area contributed by atoms with Crippen molar-refractivity contribution in [3.8, 4) is 0 Å². The zero-order valence-electron chi connectivity index (χ0n) is 10.6. The van der Waals surface area contributed by atoms with Crippen LogP contribution in [0.1, 0.15) is 47.6 Å². The largest absolute Gasteiger partial charge is 0.140 e. The van der Waals surface area contributed by atoms with Crippen molar-refractivity contribution >= 4 is 13.3 Å². The number of benzene rings is 1. The first-order chi connectivity index (χ1) is 6.37. The third-order valence-corrected chi connectivity index (χ3v) is 3.64. The molecule has 0 aliphatic carbocycles. The Morgan fingerprint density at radius 3 is 1.64 bits per heavy atom. The van der Waals surface area contributed by atoms with Crippen molar-refractivity contribution in [2.75, 3.05) is 0 Å². The molecule has 0 radical (unpaired) electrons. The molecule has 1 aromatic rings. The normalized spacial score (nSPS) is 11.1. The maximum absolute atomic E-state index is 2.28. The van der Waals surface area contributed by atoms with Crippen molar-refractivity contribution in [3.05, 3.63) is 27.8 Å². The Hall–Kier alpha value is -0.715. The lowest BCUT2D eigenvalue weighted by Gasteiger charge is -2.21. The molecule has 0 aromatic heterocycles. The van der Waals surface area contributed by atoms with Gasteiger partial charge in [0.05, 0.1) is 0 Å². The number of hydrogen-bond donors (Lipinski definition) is 0. The molecule has 0 aliphatic rings. The fourth-order valence-corrected chi connectivity index (χ4v) is 2.40. The first-order valence-corrected chi connectivity index (χ1v) is 5.44. The van der Waals surface area contributed by atoms with Crippen LogP contribution in [0, 0.1) is 27.7 Å². The molecule has 0 aliphatic heterocycles. The molecule has 1 aromatic carbocycles. The lowest BCUT2D eigenvalue weighted by Crippen LogP contribution is -2.20. The van der Waals surface area contributed by atoms with Gasteiger partial charge in [-0.25, -0.2) is 0 Å². The summed E-state index contributed by atoms with van der Waals surface area (Å²) in [5.41, 5.74) is 8.92. The van der Waals surface area contributed by atoms with Gasteiger partial charge < -0.3 is 0 Å². The molecule has 0 N–H and O–H groups in total. The molecule has 0 atom stereocenters. The van der Waals surface area contributed by atoms with E-state index in [1.54, 1.807) is 5.56 Å². The summed E-state index contributed by atoms with van der Waals surface area (Å²) >= 11 is 0. The summed E-state index contributed by atoms with van der Waals surface area (Å²) < 4.78 is 0. The van der Waals surface area contributed by atoms with Gasteiger partial charge >= 0.3 is 0 Å². The van der Waals surface area contributed by atoms with Crippen molar-refractivity contribution in [1.82, 2.24) is 0 Å². The van der Waals surface area contributed by atoms with Crippen LogP contribution in [0.2, 0.25) is 0 Å². The maximum Gasteiger partial charge on any atom is 0.140 e. The minimum absolute atomic E-state index is 0.632. The minimum Gasteiger partial charge on any atom is -0.0822 e. The summed E-state index contributed by atoms with van der Waals surface area (Å²) in [7, 11) is 2.25. The number of rotatable bonds is 1. The van der Waals surface area contributed by atoms with Gasteiger partial charge in [0, 0.05) is 0 Å². The van der Waals surface area contributed by atoms with E-state index < -0.39 is 0 Å². The molecule has 0 heterocycles. The van der Waals surface area contributed by atoms with E-state index in [9.17, 15) is 0 Å². The van der Waals surface area contributed by atoms with Gasteiger partial charge in [-0.15, -0.1) is 0 Å².